The molecule has 0 aliphatic carbocycles. The van der Waals surface area contributed by atoms with Crippen LogP contribution >= 0.6 is 0 Å². The van der Waals surface area contributed by atoms with Crippen LogP contribution in [0.25, 0.3) is 0 Å². The van der Waals surface area contributed by atoms with Crippen LogP contribution in [0.5, 0.6) is 0 Å². The molecule has 0 radical (unpaired) electrons. The first-order valence-corrected chi connectivity index (χ1v) is 9.72. The molecule has 7 nitrogen and oxygen atoms in total. The molecule has 29 heavy (non-hydrogen) atoms. The zero-order valence-electron chi connectivity index (χ0n) is 16.9. The van der Waals surface area contributed by atoms with Crippen LogP contribution in [-0.2, 0) is 11.3 Å². The van der Waals surface area contributed by atoms with Gasteiger partial charge < -0.3 is 19.7 Å². The predicted molar refractivity (Wildman–Crippen MR) is 107 cm³/mol. The van der Waals surface area contributed by atoms with Crippen LogP contribution < -0.4 is 5.32 Å². The molecule has 1 saturated heterocycles. The average Bonchev–Trinajstić information content (AvgIpc) is 3.05. The fourth-order valence-corrected chi connectivity index (χ4v) is 3.82. The molecule has 1 aliphatic heterocycles. The van der Waals surface area contributed by atoms with Gasteiger partial charge in [-0.15, -0.1) is 0 Å². The number of piperidine rings is 1. The van der Waals surface area contributed by atoms with Gasteiger partial charge in [-0.05, 0) is 51.8 Å². The number of hydrogen-bond acceptors (Lipinski definition) is 4. The number of nitrogens with one attached hydrogen (secondary N) is 1. The Morgan fingerprint density at radius 1 is 1.14 bits per heavy atom. The van der Waals surface area contributed by atoms with E-state index < -0.39 is 5.97 Å². The van der Waals surface area contributed by atoms with Gasteiger partial charge in [0.2, 0.25) is 5.91 Å². The van der Waals surface area contributed by atoms with Crippen LogP contribution in [0.4, 0.5) is 0 Å². The van der Waals surface area contributed by atoms with Crippen LogP contribution in [0.2, 0.25) is 0 Å². The first kappa shape index (κ1) is 20.6. The molecule has 2 aromatic rings. The molecule has 1 aromatic carbocycles. The van der Waals surface area contributed by atoms with E-state index in [4.69, 9.17) is 9.52 Å². The number of hydrogen-bond donors (Lipinski definition) is 2. The van der Waals surface area contributed by atoms with E-state index in [1.165, 1.54) is 6.07 Å². The Balaban J connectivity index is 1.61. The first-order valence-electron chi connectivity index (χ1n) is 9.72. The molecule has 3 rings (SSSR count). The number of benzene rings is 1. The standard InChI is InChI=1S/C22H26N2O5/c1-13-7-14(2)9-17(8-13)21(26)24-6-4-5-16(12-24)20(25)23-11-18-10-19(22(27)28)15(3)29-18/h7-10,16H,4-6,11-12H2,1-3H3,(H,23,25)(H,27,28). The minimum Gasteiger partial charge on any atom is -0.478 e. The van der Waals surface area contributed by atoms with Crippen molar-refractivity contribution < 1.29 is 23.9 Å². The second-order valence-electron chi connectivity index (χ2n) is 7.67. The monoisotopic (exact) mass is 398 g/mol. The van der Waals surface area contributed by atoms with Crippen molar-refractivity contribution in [2.24, 2.45) is 5.92 Å². The third-order valence-corrected chi connectivity index (χ3v) is 5.18. The Morgan fingerprint density at radius 3 is 2.45 bits per heavy atom. The SMILES string of the molecule is Cc1cc(C)cc(C(=O)N2CCCC(C(=O)NCc3cc(C(=O)O)c(C)o3)C2)c1. The maximum Gasteiger partial charge on any atom is 0.339 e. The lowest BCUT2D eigenvalue weighted by Crippen LogP contribution is -2.45. The van der Waals surface area contributed by atoms with Crippen molar-refractivity contribution in [2.45, 2.75) is 40.2 Å². The van der Waals surface area contributed by atoms with Crippen molar-refractivity contribution in [3.05, 3.63) is 58.0 Å². The Labute approximate surface area is 169 Å². The van der Waals surface area contributed by atoms with Gasteiger partial charge in [-0.25, -0.2) is 4.79 Å². The highest BCUT2D eigenvalue weighted by Crippen LogP contribution is 2.21. The molecule has 1 atom stereocenters. The summed E-state index contributed by atoms with van der Waals surface area (Å²) in [4.78, 5) is 38.3. The number of carbonyl (C=O) groups excluding carboxylic acids is 2. The van der Waals surface area contributed by atoms with Crippen LogP contribution in [0.1, 0.15) is 56.2 Å². The summed E-state index contributed by atoms with van der Waals surface area (Å²) in [6.45, 7) is 6.62. The molecular weight excluding hydrogens is 372 g/mol. The molecule has 2 amide bonds. The number of aryl methyl sites for hydroxylation is 3. The van der Waals surface area contributed by atoms with Gasteiger partial charge in [0.05, 0.1) is 12.5 Å². The third-order valence-electron chi connectivity index (χ3n) is 5.18. The zero-order chi connectivity index (χ0) is 21.1. The summed E-state index contributed by atoms with van der Waals surface area (Å²) in [6.07, 6.45) is 1.47. The van der Waals surface area contributed by atoms with Gasteiger partial charge in [-0.1, -0.05) is 17.2 Å². The van der Waals surface area contributed by atoms with Crippen molar-refractivity contribution in [1.29, 1.82) is 0 Å². The lowest BCUT2D eigenvalue weighted by atomic mass is 9.96. The normalized spacial score (nSPS) is 16.5. The van der Waals surface area contributed by atoms with E-state index in [9.17, 15) is 14.4 Å². The van der Waals surface area contributed by atoms with E-state index in [2.05, 4.69) is 5.32 Å². The van der Waals surface area contributed by atoms with Crippen LogP contribution in [-0.4, -0.2) is 40.9 Å². The topological polar surface area (TPSA) is 99.9 Å². The van der Waals surface area contributed by atoms with Crippen molar-refractivity contribution in [1.82, 2.24) is 10.2 Å². The molecule has 7 heteroatoms. The molecule has 154 valence electrons. The van der Waals surface area contributed by atoms with Gasteiger partial charge in [0.25, 0.3) is 5.91 Å². The molecule has 0 saturated carbocycles. The van der Waals surface area contributed by atoms with E-state index in [0.29, 0.717) is 36.6 Å². The highest BCUT2D eigenvalue weighted by molar-refractivity contribution is 5.95. The van der Waals surface area contributed by atoms with E-state index >= 15 is 0 Å². The maximum atomic E-state index is 12.9. The Morgan fingerprint density at radius 2 is 1.83 bits per heavy atom. The van der Waals surface area contributed by atoms with Gasteiger partial charge in [-0.2, -0.15) is 0 Å². The molecule has 0 spiro atoms. The molecule has 1 fully saturated rings. The molecule has 1 aliphatic rings. The molecule has 2 N–H and O–H groups in total. The van der Waals surface area contributed by atoms with Gasteiger partial charge >= 0.3 is 5.97 Å². The Kier molecular flexibility index (Phi) is 6.06. The highest BCUT2D eigenvalue weighted by Gasteiger charge is 2.29. The van der Waals surface area contributed by atoms with Crippen molar-refractivity contribution in [3.63, 3.8) is 0 Å². The van der Waals surface area contributed by atoms with Crippen molar-refractivity contribution >= 4 is 17.8 Å². The molecular formula is C22H26N2O5. The van der Waals surface area contributed by atoms with E-state index in [-0.39, 0.29) is 29.8 Å². The fraction of sp³-hybridized carbons (Fsp3) is 0.409. The van der Waals surface area contributed by atoms with E-state index in [1.54, 1.807) is 11.8 Å². The smallest absolute Gasteiger partial charge is 0.339 e. The lowest BCUT2D eigenvalue weighted by Gasteiger charge is -2.32. The minimum absolute atomic E-state index is 0.0536. The molecule has 0 bridgehead atoms. The largest absolute Gasteiger partial charge is 0.478 e. The summed E-state index contributed by atoms with van der Waals surface area (Å²) in [6, 6.07) is 7.20. The van der Waals surface area contributed by atoms with Gasteiger partial charge in [-0.3, -0.25) is 9.59 Å². The van der Waals surface area contributed by atoms with Crippen LogP contribution in [0.15, 0.2) is 28.7 Å². The first-order chi connectivity index (χ1) is 13.7. The second-order valence-corrected chi connectivity index (χ2v) is 7.67. The summed E-state index contributed by atoms with van der Waals surface area (Å²) >= 11 is 0. The van der Waals surface area contributed by atoms with Gasteiger partial charge in [0.15, 0.2) is 0 Å². The average molecular weight is 398 g/mol. The predicted octanol–water partition coefficient (Wildman–Crippen LogP) is 3.07. The van der Waals surface area contributed by atoms with Gasteiger partial charge in [0.1, 0.15) is 17.1 Å². The van der Waals surface area contributed by atoms with Crippen molar-refractivity contribution in [3.8, 4) is 0 Å². The number of furan rings is 1. The summed E-state index contributed by atoms with van der Waals surface area (Å²) in [5.74, 6) is -0.863. The quantitative estimate of drug-likeness (QED) is 0.806. The molecule has 1 unspecified atom stereocenters. The number of likely N-dealkylation sites (tertiary alicyclic amines) is 1. The minimum atomic E-state index is -1.06. The number of carboxylic acids is 1. The number of amides is 2. The number of carboxylic acid groups (broad SMARTS) is 1. The van der Waals surface area contributed by atoms with Crippen LogP contribution in [0, 0.1) is 26.7 Å². The Hall–Kier alpha value is -3.09. The summed E-state index contributed by atoms with van der Waals surface area (Å²) < 4.78 is 5.39. The number of aromatic carboxylic acids is 1. The number of rotatable bonds is 5. The molecule has 2 heterocycles. The zero-order valence-corrected chi connectivity index (χ0v) is 16.9. The van der Waals surface area contributed by atoms with Crippen LogP contribution in [0.3, 0.4) is 0 Å². The van der Waals surface area contributed by atoms with Crippen molar-refractivity contribution in [2.75, 3.05) is 13.1 Å². The summed E-state index contributed by atoms with van der Waals surface area (Å²) in [7, 11) is 0. The number of carbonyl (C=O) groups is 3. The fourth-order valence-electron chi connectivity index (χ4n) is 3.82. The highest BCUT2D eigenvalue weighted by atomic mass is 16.4. The third kappa shape index (κ3) is 4.85. The Bertz CT molecular complexity index is 926. The summed E-state index contributed by atoms with van der Waals surface area (Å²) in [5.41, 5.74) is 2.82. The lowest BCUT2D eigenvalue weighted by molar-refractivity contribution is -0.126. The summed E-state index contributed by atoms with van der Waals surface area (Å²) in [5, 5.41) is 11.9. The maximum absolute atomic E-state index is 12.9. The van der Waals surface area contributed by atoms with E-state index in [1.807, 2.05) is 32.0 Å². The number of nitrogens with zero attached hydrogens (tertiary/aromatic N) is 1. The van der Waals surface area contributed by atoms with Gasteiger partial charge in [0, 0.05) is 18.7 Å². The van der Waals surface area contributed by atoms with E-state index in [0.717, 1.165) is 17.5 Å². The molecule has 1 aromatic heterocycles. The second kappa shape index (κ2) is 8.51.